The molecule has 2 aromatic rings. The van der Waals surface area contributed by atoms with Crippen LogP contribution in [0, 0.1) is 6.92 Å². The average molecular weight is 315 g/mol. The van der Waals surface area contributed by atoms with Gasteiger partial charge in [-0.1, -0.05) is 0 Å². The van der Waals surface area contributed by atoms with Crippen LogP contribution in [-0.2, 0) is 16.1 Å². The van der Waals surface area contributed by atoms with Gasteiger partial charge in [-0.05, 0) is 37.3 Å². The van der Waals surface area contributed by atoms with Crippen LogP contribution in [0.25, 0.3) is 0 Å². The van der Waals surface area contributed by atoms with Crippen LogP contribution in [0.1, 0.15) is 12.6 Å². The number of pyridine rings is 1. The highest BCUT2D eigenvalue weighted by molar-refractivity contribution is 5.92. The minimum absolute atomic E-state index is 0.127. The van der Waals surface area contributed by atoms with E-state index in [1.807, 2.05) is 0 Å². The Kier molecular flexibility index (Phi) is 4.80. The lowest BCUT2D eigenvalue weighted by Gasteiger charge is -2.11. The molecule has 0 saturated carbocycles. The van der Waals surface area contributed by atoms with E-state index in [1.54, 1.807) is 31.2 Å². The number of carbonyl (C=O) groups excluding carboxylic acids is 2. The highest BCUT2D eigenvalue weighted by Crippen LogP contribution is 2.14. The van der Waals surface area contributed by atoms with Crippen molar-refractivity contribution in [2.75, 3.05) is 10.6 Å². The van der Waals surface area contributed by atoms with Crippen LogP contribution >= 0.6 is 0 Å². The van der Waals surface area contributed by atoms with Crippen molar-refractivity contribution in [3.63, 3.8) is 0 Å². The molecule has 3 N–H and O–H groups in total. The number of hydrogen-bond donors (Lipinski definition) is 3. The van der Waals surface area contributed by atoms with Crippen molar-refractivity contribution < 1.29 is 14.7 Å². The number of benzene rings is 1. The van der Waals surface area contributed by atoms with E-state index in [0.29, 0.717) is 17.1 Å². The van der Waals surface area contributed by atoms with Gasteiger partial charge in [0.2, 0.25) is 11.8 Å². The summed E-state index contributed by atoms with van der Waals surface area (Å²) < 4.78 is 1.26. The zero-order valence-electron chi connectivity index (χ0n) is 12.8. The van der Waals surface area contributed by atoms with Gasteiger partial charge in [0.15, 0.2) is 0 Å². The van der Waals surface area contributed by atoms with Gasteiger partial charge >= 0.3 is 0 Å². The number of carbonyl (C=O) groups is 2. The lowest BCUT2D eigenvalue weighted by Crippen LogP contribution is -2.28. The molecular formula is C16H17N3O4. The average Bonchev–Trinajstić information content (AvgIpc) is 2.44. The Morgan fingerprint density at radius 3 is 2.17 bits per heavy atom. The summed E-state index contributed by atoms with van der Waals surface area (Å²) in [5.74, 6) is -0.671. The van der Waals surface area contributed by atoms with E-state index in [0.717, 1.165) is 6.07 Å². The summed E-state index contributed by atoms with van der Waals surface area (Å²) in [6.07, 6.45) is 0. The minimum Gasteiger partial charge on any atom is -0.508 e. The fourth-order valence-electron chi connectivity index (χ4n) is 2.10. The number of aromatic hydroxyl groups is 1. The maximum atomic E-state index is 12.0. The van der Waals surface area contributed by atoms with E-state index in [2.05, 4.69) is 10.6 Å². The van der Waals surface area contributed by atoms with Crippen molar-refractivity contribution in [2.24, 2.45) is 0 Å². The number of rotatable bonds is 4. The lowest BCUT2D eigenvalue weighted by molar-refractivity contribution is -0.117. The topological polar surface area (TPSA) is 100 Å². The van der Waals surface area contributed by atoms with Crippen molar-refractivity contribution in [3.8, 4) is 5.75 Å². The number of hydrogen-bond acceptors (Lipinski definition) is 4. The van der Waals surface area contributed by atoms with E-state index in [-0.39, 0.29) is 24.1 Å². The largest absolute Gasteiger partial charge is 0.508 e. The van der Waals surface area contributed by atoms with Crippen molar-refractivity contribution in [1.29, 1.82) is 0 Å². The summed E-state index contributed by atoms with van der Waals surface area (Å²) in [5, 5.41) is 14.6. The van der Waals surface area contributed by atoms with Crippen molar-refractivity contribution in [2.45, 2.75) is 20.4 Å². The van der Waals surface area contributed by atoms with Crippen LogP contribution < -0.4 is 16.2 Å². The summed E-state index contributed by atoms with van der Waals surface area (Å²) in [5.41, 5.74) is 1.22. The van der Waals surface area contributed by atoms with E-state index < -0.39 is 5.56 Å². The Bertz CT molecular complexity index is 794. The van der Waals surface area contributed by atoms with Crippen LogP contribution in [0.15, 0.2) is 41.2 Å². The van der Waals surface area contributed by atoms with Crippen LogP contribution in [0.4, 0.5) is 11.4 Å². The zero-order chi connectivity index (χ0) is 17.0. The quantitative estimate of drug-likeness (QED) is 0.795. The molecule has 0 aliphatic rings. The molecule has 0 unspecified atom stereocenters. The second kappa shape index (κ2) is 6.78. The van der Waals surface area contributed by atoms with Crippen molar-refractivity contribution in [3.05, 3.63) is 52.4 Å². The fourth-order valence-corrected chi connectivity index (χ4v) is 2.10. The third-order valence-electron chi connectivity index (χ3n) is 3.11. The van der Waals surface area contributed by atoms with Gasteiger partial charge in [-0.2, -0.15) is 0 Å². The SMILES string of the molecule is CC(=O)Nc1ccc(NC(=O)Cn2c(C)cc(O)cc2=O)cc1. The molecule has 0 fully saturated rings. The molecule has 120 valence electrons. The third kappa shape index (κ3) is 4.44. The predicted molar refractivity (Wildman–Crippen MR) is 86.5 cm³/mol. The summed E-state index contributed by atoms with van der Waals surface area (Å²) >= 11 is 0. The van der Waals surface area contributed by atoms with E-state index >= 15 is 0 Å². The molecule has 0 atom stereocenters. The Labute approximate surface area is 132 Å². The number of aromatic nitrogens is 1. The summed E-state index contributed by atoms with van der Waals surface area (Å²) in [7, 11) is 0. The summed E-state index contributed by atoms with van der Waals surface area (Å²) in [6.45, 7) is 2.89. The highest BCUT2D eigenvalue weighted by Gasteiger charge is 2.08. The Hall–Kier alpha value is -3.09. The van der Waals surface area contributed by atoms with Gasteiger partial charge in [0.1, 0.15) is 12.3 Å². The van der Waals surface area contributed by atoms with E-state index in [4.69, 9.17) is 0 Å². The second-order valence-electron chi connectivity index (χ2n) is 5.09. The highest BCUT2D eigenvalue weighted by atomic mass is 16.3. The number of nitrogens with zero attached hydrogens (tertiary/aromatic N) is 1. The smallest absolute Gasteiger partial charge is 0.254 e. The summed E-state index contributed by atoms with van der Waals surface area (Å²) in [6, 6.07) is 9.09. The molecule has 7 heteroatoms. The van der Waals surface area contributed by atoms with E-state index in [1.165, 1.54) is 17.6 Å². The first-order valence-corrected chi connectivity index (χ1v) is 6.93. The molecule has 0 aliphatic heterocycles. The molecule has 1 aromatic carbocycles. The van der Waals surface area contributed by atoms with Gasteiger partial charge < -0.3 is 20.3 Å². The molecule has 0 aliphatic carbocycles. The van der Waals surface area contributed by atoms with Crippen LogP contribution in [0.5, 0.6) is 5.75 Å². The van der Waals surface area contributed by atoms with Crippen LogP contribution in [-0.4, -0.2) is 21.5 Å². The molecule has 0 spiro atoms. The predicted octanol–water partition coefficient (Wildman–Crippen LogP) is 1.46. The van der Waals surface area contributed by atoms with Gasteiger partial charge in [-0.25, -0.2) is 0 Å². The normalized spacial score (nSPS) is 10.2. The van der Waals surface area contributed by atoms with Gasteiger partial charge in [0.25, 0.3) is 5.56 Å². The lowest BCUT2D eigenvalue weighted by atomic mass is 10.2. The second-order valence-corrected chi connectivity index (χ2v) is 5.09. The molecular weight excluding hydrogens is 298 g/mol. The first kappa shape index (κ1) is 16.3. The minimum atomic E-state index is -0.446. The first-order chi connectivity index (χ1) is 10.8. The Morgan fingerprint density at radius 2 is 1.65 bits per heavy atom. The molecule has 0 radical (unpaired) electrons. The van der Waals surface area contributed by atoms with E-state index in [9.17, 15) is 19.5 Å². The first-order valence-electron chi connectivity index (χ1n) is 6.93. The fraction of sp³-hybridized carbons (Fsp3) is 0.188. The van der Waals surface area contributed by atoms with Crippen LogP contribution in [0.3, 0.4) is 0 Å². The molecule has 1 aromatic heterocycles. The molecule has 23 heavy (non-hydrogen) atoms. The van der Waals surface area contributed by atoms with Gasteiger partial charge in [-0.3, -0.25) is 14.4 Å². The van der Waals surface area contributed by atoms with Gasteiger partial charge in [0, 0.05) is 30.1 Å². The zero-order valence-corrected chi connectivity index (χ0v) is 12.8. The molecule has 2 amide bonds. The molecule has 0 bridgehead atoms. The van der Waals surface area contributed by atoms with Crippen molar-refractivity contribution >= 4 is 23.2 Å². The molecule has 0 saturated heterocycles. The summed E-state index contributed by atoms with van der Waals surface area (Å²) in [4.78, 5) is 34.7. The maximum Gasteiger partial charge on any atom is 0.254 e. The molecule has 1 heterocycles. The number of anilines is 2. The standard InChI is InChI=1S/C16H17N3O4/c1-10-7-14(21)8-16(23)19(10)9-15(22)18-13-5-3-12(4-6-13)17-11(2)20/h3-8,21H,9H2,1-2H3,(H,17,20)(H,18,22). The number of aryl methyl sites for hydroxylation is 1. The number of nitrogens with one attached hydrogen (secondary N) is 2. The third-order valence-corrected chi connectivity index (χ3v) is 3.11. The van der Waals surface area contributed by atoms with Crippen LogP contribution in [0.2, 0.25) is 0 Å². The Balaban J connectivity index is 2.05. The van der Waals surface area contributed by atoms with Gasteiger partial charge in [0.05, 0.1) is 0 Å². The molecule has 2 rings (SSSR count). The van der Waals surface area contributed by atoms with Gasteiger partial charge in [-0.15, -0.1) is 0 Å². The Morgan fingerprint density at radius 1 is 1.09 bits per heavy atom. The monoisotopic (exact) mass is 315 g/mol. The maximum absolute atomic E-state index is 12.0. The number of amides is 2. The van der Waals surface area contributed by atoms with Crippen molar-refractivity contribution in [1.82, 2.24) is 4.57 Å². The molecule has 7 nitrogen and oxygen atoms in total.